The van der Waals surface area contributed by atoms with Gasteiger partial charge in [0, 0.05) is 24.0 Å². The molecule has 6 nitrogen and oxygen atoms in total. The summed E-state index contributed by atoms with van der Waals surface area (Å²) in [5.74, 6) is 2.39. The Morgan fingerprint density at radius 2 is 0.659 bits per heavy atom. The van der Waals surface area contributed by atoms with Crippen LogP contribution in [0.3, 0.4) is 0 Å². The van der Waals surface area contributed by atoms with E-state index in [1.807, 2.05) is 0 Å². The van der Waals surface area contributed by atoms with Crippen LogP contribution in [0.4, 0.5) is 0 Å². The first-order valence-corrected chi connectivity index (χ1v) is 16.3. The van der Waals surface area contributed by atoms with Crippen molar-refractivity contribution in [2.75, 3.05) is 0 Å². The third-order valence-corrected chi connectivity index (χ3v) is 7.41. The minimum Gasteiger partial charge on any atom is -0.222 e. The van der Waals surface area contributed by atoms with Crippen molar-refractivity contribution >= 4 is 0 Å². The van der Waals surface area contributed by atoms with Crippen molar-refractivity contribution in [3.8, 4) is 0 Å². The summed E-state index contributed by atoms with van der Waals surface area (Å²) in [5, 5.41) is 16.2. The molecule has 230 valence electrons. The van der Waals surface area contributed by atoms with E-state index in [-0.39, 0.29) is 0 Å². The van der Waals surface area contributed by atoms with Crippen molar-refractivity contribution in [2.45, 2.75) is 134 Å². The average molecular weight is 565 g/mol. The van der Waals surface area contributed by atoms with Gasteiger partial charge < -0.3 is 0 Å². The van der Waals surface area contributed by atoms with E-state index in [0.29, 0.717) is 35.5 Å². The lowest BCUT2D eigenvalue weighted by Crippen LogP contribution is -2.50. The highest BCUT2D eigenvalue weighted by molar-refractivity contribution is 5.21. The van der Waals surface area contributed by atoms with Crippen LogP contribution in [-0.4, -0.2) is 29.3 Å². The Bertz CT molecular complexity index is 1080. The molecule has 3 aromatic rings. The monoisotopic (exact) mass is 564 g/mol. The third-order valence-electron chi connectivity index (χ3n) is 7.41. The summed E-state index contributed by atoms with van der Waals surface area (Å²) in [5.41, 5.74) is 7.23. The number of rotatable bonds is 15. The van der Waals surface area contributed by atoms with Gasteiger partial charge in [-0.15, -0.1) is 0 Å². The predicted octanol–water partition coefficient (Wildman–Crippen LogP) is 8.19. The maximum atomic E-state index is 5.40. The lowest BCUT2D eigenvalue weighted by atomic mass is 10.0. The summed E-state index contributed by atoms with van der Waals surface area (Å²) in [6.07, 6.45) is 5.75. The highest BCUT2D eigenvalue weighted by Gasteiger charge is 2.40. The molecule has 0 N–H and O–H groups in total. The van der Waals surface area contributed by atoms with Crippen molar-refractivity contribution in [2.24, 2.45) is 35.5 Å². The standard InChI is InChI=1S/C35H60N6/c1-23(2)14-29-20-32(17-26(7)8)39(36-29)35(13,40-33(18-27(9)10)21-30(37-40)15-24(3)4)41-34(19-28(11)12)22-31(38-41)16-25(5)6/h20-28H,14-19H2,1-13H3. The predicted molar refractivity (Wildman–Crippen MR) is 172 cm³/mol. The molecule has 0 atom stereocenters. The van der Waals surface area contributed by atoms with Crippen LogP contribution in [0.1, 0.15) is 124 Å². The highest BCUT2D eigenvalue weighted by Crippen LogP contribution is 2.31. The maximum Gasteiger partial charge on any atom is 0.246 e. The molecule has 0 aliphatic carbocycles. The van der Waals surface area contributed by atoms with Gasteiger partial charge in [-0.1, -0.05) is 83.1 Å². The Morgan fingerprint density at radius 1 is 0.439 bits per heavy atom. The fourth-order valence-electron chi connectivity index (χ4n) is 6.04. The summed E-state index contributed by atoms with van der Waals surface area (Å²) in [7, 11) is 0. The first-order valence-electron chi connectivity index (χ1n) is 16.3. The van der Waals surface area contributed by atoms with E-state index in [2.05, 4.69) is 122 Å². The molecule has 0 spiro atoms. The summed E-state index contributed by atoms with van der Waals surface area (Å²) in [4.78, 5) is 0. The van der Waals surface area contributed by atoms with Crippen molar-refractivity contribution in [1.82, 2.24) is 29.3 Å². The zero-order valence-electron chi connectivity index (χ0n) is 28.6. The normalized spacial score (nSPS) is 13.0. The van der Waals surface area contributed by atoms with Crippen LogP contribution in [0.15, 0.2) is 18.2 Å². The quantitative estimate of drug-likeness (QED) is 0.187. The van der Waals surface area contributed by atoms with Gasteiger partial charge in [0.15, 0.2) is 0 Å². The Labute approximate surface area is 251 Å². The number of aromatic nitrogens is 6. The van der Waals surface area contributed by atoms with Crippen molar-refractivity contribution in [1.29, 1.82) is 0 Å². The molecule has 0 saturated carbocycles. The summed E-state index contributed by atoms with van der Waals surface area (Å²) in [6.45, 7) is 29.8. The Hall–Kier alpha value is -2.37. The Morgan fingerprint density at radius 3 is 0.854 bits per heavy atom. The van der Waals surface area contributed by atoms with Gasteiger partial charge in [-0.3, -0.25) is 0 Å². The van der Waals surface area contributed by atoms with E-state index >= 15 is 0 Å². The molecule has 3 aromatic heterocycles. The first kappa shape index (κ1) is 33.1. The molecule has 3 heterocycles. The zero-order valence-corrected chi connectivity index (χ0v) is 28.6. The molecule has 0 aromatic carbocycles. The Balaban J connectivity index is 2.43. The fraction of sp³-hybridized carbons (Fsp3) is 0.743. The molecule has 0 amide bonds. The minimum absolute atomic E-state index is 0.509. The van der Waals surface area contributed by atoms with Crippen LogP contribution in [-0.2, 0) is 44.3 Å². The maximum absolute atomic E-state index is 5.40. The van der Waals surface area contributed by atoms with E-state index in [9.17, 15) is 0 Å². The van der Waals surface area contributed by atoms with Crippen molar-refractivity contribution in [3.63, 3.8) is 0 Å². The van der Waals surface area contributed by atoms with Crippen LogP contribution in [0.5, 0.6) is 0 Å². The molecular weight excluding hydrogens is 504 g/mol. The van der Waals surface area contributed by atoms with Crippen LogP contribution < -0.4 is 0 Å². The van der Waals surface area contributed by atoms with Crippen LogP contribution >= 0.6 is 0 Å². The molecule has 0 fully saturated rings. The van der Waals surface area contributed by atoms with Gasteiger partial charge in [-0.2, -0.15) is 15.3 Å². The Kier molecular flexibility index (Phi) is 11.1. The highest BCUT2D eigenvalue weighted by atomic mass is 15.6. The van der Waals surface area contributed by atoms with E-state index in [1.54, 1.807) is 0 Å². The van der Waals surface area contributed by atoms with Gasteiger partial charge in [0.2, 0.25) is 5.79 Å². The fourth-order valence-corrected chi connectivity index (χ4v) is 6.04. The second kappa shape index (κ2) is 13.7. The number of nitrogens with zero attached hydrogens (tertiary/aromatic N) is 6. The van der Waals surface area contributed by atoms with Gasteiger partial charge in [0.25, 0.3) is 0 Å². The molecular formula is C35H60N6. The SMILES string of the molecule is CC(C)Cc1cc(CC(C)C)n(C(C)(n2nc(CC(C)C)cc2CC(C)C)n2nc(CC(C)C)cc2CC(C)C)n1. The second-order valence-corrected chi connectivity index (χ2v) is 15.2. The molecule has 0 aliphatic heterocycles. The average Bonchev–Trinajstić information content (AvgIpc) is 3.49. The molecule has 0 radical (unpaired) electrons. The van der Waals surface area contributed by atoms with Crippen LogP contribution in [0, 0.1) is 35.5 Å². The zero-order chi connectivity index (χ0) is 30.6. The molecule has 0 saturated heterocycles. The lowest BCUT2D eigenvalue weighted by molar-refractivity contribution is 0.123. The van der Waals surface area contributed by atoms with Gasteiger partial charge in [0.05, 0.1) is 17.1 Å². The van der Waals surface area contributed by atoms with Gasteiger partial charge in [-0.25, -0.2) is 14.0 Å². The largest absolute Gasteiger partial charge is 0.246 e. The smallest absolute Gasteiger partial charge is 0.222 e. The van der Waals surface area contributed by atoms with E-state index in [1.165, 1.54) is 17.1 Å². The molecule has 0 unspecified atom stereocenters. The molecule has 0 bridgehead atoms. The van der Waals surface area contributed by atoms with Gasteiger partial charge >= 0.3 is 0 Å². The van der Waals surface area contributed by atoms with Crippen molar-refractivity contribution < 1.29 is 0 Å². The van der Waals surface area contributed by atoms with E-state index in [4.69, 9.17) is 15.3 Å². The van der Waals surface area contributed by atoms with Crippen LogP contribution in [0.2, 0.25) is 0 Å². The number of hydrogen-bond acceptors (Lipinski definition) is 3. The third kappa shape index (κ3) is 8.35. The number of hydrogen-bond donors (Lipinski definition) is 0. The topological polar surface area (TPSA) is 53.5 Å². The summed E-state index contributed by atoms with van der Waals surface area (Å²) >= 11 is 0. The molecule has 41 heavy (non-hydrogen) atoms. The summed E-state index contributed by atoms with van der Waals surface area (Å²) < 4.78 is 6.87. The lowest BCUT2D eigenvalue weighted by Gasteiger charge is -2.36. The van der Waals surface area contributed by atoms with Gasteiger partial charge in [0.1, 0.15) is 0 Å². The molecule has 0 aliphatic rings. The van der Waals surface area contributed by atoms with Gasteiger partial charge in [-0.05, 0) is 92.2 Å². The van der Waals surface area contributed by atoms with Crippen molar-refractivity contribution in [3.05, 3.63) is 52.4 Å². The molecule has 3 rings (SSSR count). The van der Waals surface area contributed by atoms with E-state index in [0.717, 1.165) is 55.6 Å². The molecule has 6 heteroatoms. The van der Waals surface area contributed by atoms with E-state index < -0.39 is 5.79 Å². The first-order chi connectivity index (χ1) is 19.1. The minimum atomic E-state index is -0.752. The van der Waals surface area contributed by atoms with Crippen LogP contribution in [0.25, 0.3) is 0 Å². The second-order valence-electron chi connectivity index (χ2n) is 15.2. The summed E-state index contributed by atoms with van der Waals surface area (Å²) in [6, 6.07) is 7.04.